The molecule has 126 valence electrons. The van der Waals surface area contributed by atoms with E-state index >= 15 is 0 Å². The van der Waals surface area contributed by atoms with E-state index in [9.17, 15) is 9.18 Å². The van der Waals surface area contributed by atoms with Gasteiger partial charge in [0.05, 0.1) is 5.56 Å². The Balaban J connectivity index is 1.70. The van der Waals surface area contributed by atoms with Gasteiger partial charge in [0, 0.05) is 25.0 Å². The number of hydrogen-bond acceptors (Lipinski definition) is 5. The molecule has 0 unspecified atom stereocenters. The molecule has 1 saturated heterocycles. The predicted octanol–water partition coefficient (Wildman–Crippen LogP) is 2.78. The van der Waals surface area contributed by atoms with Crippen LogP contribution in [0.5, 0.6) is 0 Å². The molecule has 3 aromatic rings. The predicted molar refractivity (Wildman–Crippen MR) is 88.4 cm³/mol. The van der Waals surface area contributed by atoms with Gasteiger partial charge in [-0.05, 0) is 36.8 Å². The number of rotatable bonds is 3. The van der Waals surface area contributed by atoms with Crippen molar-refractivity contribution in [2.24, 2.45) is 0 Å². The number of aryl methyl sites for hydroxylation is 1. The van der Waals surface area contributed by atoms with Crippen LogP contribution >= 0.6 is 0 Å². The number of carbonyl (C=O) groups excluding carboxylic acids is 1. The number of halogens is 1. The second-order valence-corrected chi connectivity index (χ2v) is 5.69. The van der Waals surface area contributed by atoms with Crippen molar-refractivity contribution in [1.29, 1.82) is 0 Å². The average molecular weight is 339 g/mol. The molecule has 0 radical (unpaired) electrons. The minimum atomic E-state index is -0.504. The fourth-order valence-electron chi connectivity index (χ4n) is 2.60. The van der Waals surface area contributed by atoms with Crippen LogP contribution < -0.4 is 10.2 Å². The first-order valence-electron chi connectivity index (χ1n) is 7.74. The zero-order chi connectivity index (χ0) is 17.4. The first kappa shape index (κ1) is 15.3. The molecule has 2 aromatic heterocycles. The van der Waals surface area contributed by atoms with Crippen LogP contribution in [0.15, 0.2) is 41.1 Å². The van der Waals surface area contributed by atoms with Crippen molar-refractivity contribution < 1.29 is 13.7 Å². The van der Waals surface area contributed by atoms with Crippen LogP contribution in [0.4, 0.5) is 14.9 Å². The summed E-state index contributed by atoms with van der Waals surface area (Å²) < 4.78 is 19.4. The van der Waals surface area contributed by atoms with Gasteiger partial charge in [0.15, 0.2) is 0 Å². The van der Waals surface area contributed by atoms with Crippen LogP contribution in [0.3, 0.4) is 0 Å². The lowest BCUT2D eigenvalue weighted by molar-refractivity contribution is 0.252. The summed E-state index contributed by atoms with van der Waals surface area (Å²) in [4.78, 5) is 21.8. The van der Waals surface area contributed by atoms with Gasteiger partial charge in [-0.3, -0.25) is 9.88 Å². The number of benzene rings is 1. The lowest BCUT2D eigenvalue weighted by Crippen LogP contribution is -2.27. The zero-order valence-electron chi connectivity index (χ0n) is 13.4. The van der Waals surface area contributed by atoms with E-state index in [0.717, 1.165) is 5.56 Å². The molecular formula is C17H14FN5O2. The summed E-state index contributed by atoms with van der Waals surface area (Å²) in [6.07, 6.45) is 1.69. The summed E-state index contributed by atoms with van der Waals surface area (Å²) in [5, 5.41) is 6.57. The number of aromatic nitrogens is 3. The Hall–Kier alpha value is -3.29. The van der Waals surface area contributed by atoms with Gasteiger partial charge in [-0.2, -0.15) is 4.98 Å². The standard InChI is InChI=1S/C17H14FN5O2/c1-10-2-5-14(20-9-10)15-21-16(25-22-15)12-8-11(3-4-13(12)18)23-7-6-19-17(23)24/h2-5,8-9H,6-7H2,1H3,(H,19,24). The maximum absolute atomic E-state index is 14.2. The van der Waals surface area contributed by atoms with Crippen molar-refractivity contribution in [2.75, 3.05) is 18.0 Å². The molecule has 0 bridgehead atoms. The van der Waals surface area contributed by atoms with Crippen molar-refractivity contribution in [2.45, 2.75) is 6.92 Å². The van der Waals surface area contributed by atoms with Gasteiger partial charge >= 0.3 is 6.03 Å². The molecule has 0 saturated carbocycles. The summed E-state index contributed by atoms with van der Waals surface area (Å²) in [5.74, 6) is -0.189. The van der Waals surface area contributed by atoms with Crippen LogP contribution in [0, 0.1) is 12.7 Å². The molecule has 1 aromatic carbocycles. The molecule has 1 aliphatic rings. The summed E-state index contributed by atoms with van der Waals surface area (Å²) in [6, 6.07) is 7.79. The van der Waals surface area contributed by atoms with E-state index in [0.29, 0.717) is 24.5 Å². The minimum absolute atomic E-state index is 0.0383. The van der Waals surface area contributed by atoms with Gasteiger partial charge in [0.2, 0.25) is 5.82 Å². The van der Waals surface area contributed by atoms with E-state index in [4.69, 9.17) is 4.52 Å². The lowest BCUT2D eigenvalue weighted by Gasteiger charge is -2.14. The largest absolute Gasteiger partial charge is 0.336 e. The smallest absolute Gasteiger partial charge is 0.321 e. The first-order valence-corrected chi connectivity index (χ1v) is 7.74. The van der Waals surface area contributed by atoms with Crippen molar-refractivity contribution in [3.8, 4) is 23.0 Å². The normalized spacial score (nSPS) is 14.0. The molecule has 25 heavy (non-hydrogen) atoms. The van der Waals surface area contributed by atoms with Gasteiger partial charge in [-0.1, -0.05) is 11.2 Å². The number of pyridine rings is 1. The third kappa shape index (κ3) is 2.82. The summed E-state index contributed by atoms with van der Waals surface area (Å²) in [6.45, 7) is 3.00. The number of nitrogens with one attached hydrogen (secondary N) is 1. The number of hydrogen-bond donors (Lipinski definition) is 1. The minimum Gasteiger partial charge on any atom is -0.336 e. The molecule has 1 fully saturated rings. The lowest BCUT2D eigenvalue weighted by atomic mass is 10.1. The fourth-order valence-corrected chi connectivity index (χ4v) is 2.60. The molecule has 4 rings (SSSR count). The fraction of sp³-hybridized carbons (Fsp3) is 0.176. The van der Waals surface area contributed by atoms with Crippen molar-refractivity contribution >= 4 is 11.7 Å². The molecule has 8 heteroatoms. The molecule has 0 spiro atoms. The van der Waals surface area contributed by atoms with Crippen LogP contribution in [0.1, 0.15) is 5.56 Å². The Bertz CT molecular complexity index is 938. The zero-order valence-corrected chi connectivity index (χ0v) is 13.4. The van der Waals surface area contributed by atoms with Gasteiger partial charge in [0.25, 0.3) is 5.89 Å². The highest BCUT2D eigenvalue weighted by Crippen LogP contribution is 2.28. The third-order valence-electron chi connectivity index (χ3n) is 3.92. The molecule has 1 aliphatic heterocycles. The highest BCUT2D eigenvalue weighted by Gasteiger charge is 2.23. The summed E-state index contributed by atoms with van der Waals surface area (Å²) in [5.41, 5.74) is 2.26. The Morgan fingerprint density at radius 3 is 2.88 bits per heavy atom. The molecule has 2 amide bonds. The van der Waals surface area contributed by atoms with Gasteiger partial charge in [0.1, 0.15) is 11.5 Å². The Kier molecular flexibility index (Phi) is 3.64. The van der Waals surface area contributed by atoms with Gasteiger partial charge in [-0.15, -0.1) is 0 Å². The summed E-state index contributed by atoms with van der Waals surface area (Å²) >= 11 is 0. The quantitative estimate of drug-likeness (QED) is 0.793. The van der Waals surface area contributed by atoms with E-state index in [1.807, 2.05) is 13.0 Å². The number of nitrogens with zero attached hydrogens (tertiary/aromatic N) is 4. The van der Waals surface area contributed by atoms with Crippen molar-refractivity contribution in [3.05, 3.63) is 47.9 Å². The number of carbonyl (C=O) groups is 1. The Morgan fingerprint density at radius 1 is 1.28 bits per heavy atom. The van der Waals surface area contributed by atoms with Gasteiger partial charge in [-0.25, -0.2) is 9.18 Å². The number of amides is 2. The van der Waals surface area contributed by atoms with E-state index < -0.39 is 5.82 Å². The van der Waals surface area contributed by atoms with Crippen molar-refractivity contribution in [1.82, 2.24) is 20.4 Å². The van der Waals surface area contributed by atoms with Crippen LogP contribution in [-0.4, -0.2) is 34.2 Å². The van der Waals surface area contributed by atoms with Crippen molar-refractivity contribution in [3.63, 3.8) is 0 Å². The molecule has 1 N–H and O–H groups in total. The third-order valence-corrected chi connectivity index (χ3v) is 3.92. The molecule has 3 heterocycles. The average Bonchev–Trinajstić information content (AvgIpc) is 3.25. The van der Waals surface area contributed by atoms with E-state index in [1.165, 1.54) is 17.0 Å². The summed E-state index contributed by atoms with van der Waals surface area (Å²) in [7, 11) is 0. The van der Waals surface area contributed by atoms with E-state index in [2.05, 4.69) is 20.4 Å². The highest BCUT2D eigenvalue weighted by atomic mass is 19.1. The molecule has 0 aliphatic carbocycles. The van der Waals surface area contributed by atoms with Crippen LogP contribution in [0.25, 0.3) is 23.0 Å². The first-order chi connectivity index (χ1) is 12.1. The maximum Gasteiger partial charge on any atom is 0.321 e. The second-order valence-electron chi connectivity index (χ2n) is 5.69. The SMILES string of the molecule is Cc1ccc(-c2noc(-c3cc(N4CCNC4=O)ccc3F)n2)nc1. The Labute approximate surface area is 142 Å². The number of urea groups is 1. The number of anilines is 1. The highest BCUT2D eigenvalue weighted by molar-refractivity contribution is 5.94. The van der Waals surface area contributed by atoms with Crippen LogP contribution in [-0.2, 0) is 0 Å². The van der Waals surface area contributed by atoms with Gasteiger partial charge < -0.3 is 9.84 Å². The molecule has 7 nitrogen and oxygen atoms in total. The Morgan fingerprint density at radius 2 is 2.16 bits per heavy atom. The second kappa shape index (κ2) is 5.97. The van der Waals surface area contributed by atoms with E-state index in [1.54, 1.807) is 18.3 Å². The molecule has 0 atom stereocenters. The maximum atomic E-state index is 14.2. The van der Waals surface area contributed by atoms with E-state index in [-0.39, 0.29) is 23.3 Å². The van der Waals surface area contributed by atoms with Crippen LogP contribution in [0.2, 0.25) is 0 Å². The molecular weight excluding hydrogens is 325 g/mol. The topological polar surface area (TPSA) is 84.2 Å². The monoisotopic (exact) mass is 339 g/mol.